The van der Waals surface area contributed by atoms with Gasteiger partial charge < -0.3 is 0 Å². The maximum Gasteiger partial charge on any atom is 0.267 e. The molecule has 1 rings (SSSR count). The lowest BCUT2D eigenvalue weighted by atomic mass is 10.0. The van der Waals surface area contributed by atoms with Crippen molar-refractivity contribution in [2.75, 3.05) is 0 Å². The van der Waals surface area contributed by atoms with Crippen LogP contribution in [-0.4, -0.2) is 9.78 Å². The van der Waals surface area contributed by atoms with Crippen molar-refractivity contribution in [1.29, 1.82) is 0 Å². The summed E-state index contributed by atoms with van der Waals surface area (Å²) in [6, 6.07) is 0. The number of rotatable bonds is 2. The van der Waals surface area contributed by atoms with Gasteiger partial charge in [-0.3, -0.25) is 14.6 Å². The standard InChI is InChI=1S/C12H22N2O/c1-7-9-10(8(2)3)14(12(4,5)6)13-11(9)15/h8H,7H2,1-6H3,(H,13,15). The van der Waals surface area contributed by atoms with Gasteiger partial charge in [0.2, 0.25) is 0 Å². The summed E-state index contributed by atoms with van der Waals surface area (Å²) in [5.74, 6) is 0.373. The van der Waals surface area contributed by atoms with Crippen molar-refractivity contribution >= 4 is 0 Å². The van der Waals surface area contributed by atoms with Gasteiger partial charge in [-0.2, -0.15) is 0 Å². The predicted molar refractivity (Wildman–Crippen MR) is 63.5 cm³/mol. The second-order valence-corrected chi connectivity index (χ2v) is 5.32. The van der Waals surface area contributed by atoms with Crippen LogP contribution in [0.3, 0.4) is 0 Å². The zero-order valence-corrected chi connectivity index (χ0v) is 10.6. The molecule has 0 bridgehead atoms. The fourth-order valence-corrected chi connectivity index (χ4v) is 1.96. The minimum absolute atomic E-state index is 0.0633. The summed E-state index contributed by atoms with van der Waals surface area (Å²) in [6.45, 7) is 12.6. The van der Waals surface area contributed by atoms with E-state index in [0.717, 1.165) is 17.7 Å². The molecule has 0 unspecified atom stereocenters. The lowest BCUT2D eigenvalue weighted by Crippen LogP contribution is -2.26. The highest BCUT2D eigenvalue weighted by Gasteiger charge is 2.23. The van der Waals surface area contributed by atoms with E-state index in [1.165, 1.54) is 0 Å². The first-order valence-corrected chi connectivity index (χ1v) is 5.63. The van der Waals surface area contributed by atoms with Crippen LogP contribution in [0.25, 0.3) is 0 Å². The molecule has 0 radical (unpaired) electrons. The molecule has 3 heteroatoms. The molecule has 1 heterocycles. The van der Waals surface area contributed by atoms with E-state index in [1.54, 1.807) is 0 Å². The van der Waals surface area contributed by atoms with E-state index >= 15 is 0 Å². The van der Waals surface area contributed by atoms with E-state index in [4.69, 9.17) is 0 Å². The first-order chi connectivity index (χ1) is 6.79. The quantitative estimate of drug-likeness (QED) is 0.800. The summed E-state index contributed by atoms with van der Waals surface area (Å²) >= 11 is 0. The third-order valence-corrected chi connectivity index (χ3v) is 2.61. The van der Waals surface area contributed by atoms with E-state index in [-0.39, 0.29) is 11.1 Å². The van der Waals surface area contributed by atoms with Gasteiger partial charge in [0, 0.05) is 11.3 Å². The van der Waals surface area contributed by atoms with Crippen molar-refractivity contribution in [3.63, 3.8) is 0 Å². The highest BCUT2D eigenvalue weighted by molar-refractivity contribution is 5.22. The van der Waals surface area contributed by atoms with Gasteiger partial charge in [0.25, 0.3) is 5.56 Å². The van der Waals surface area contributed by atoms with Gasteiger partial charge in [0.05, 0.1) is 5.54 Å². The average molecular weight is 210 g/mol. The lowest BCUT2D eigenvalue weighted by Gasteiger charge is -2.25. The van der Waals surface area contributed by atoms with Gasteiger partial charge in [-0.15, -0.1) is 0 Å². The Kier molecular flexibility index (Phi) is 3.12. The number of nitrogens with zero attached hydrogens (tertiary/aromatic N) is 1. The van der Waals surface area contributed by atoms with Gasteiger partial charge in [0.15, 0.2) is 0 Å². The third-order valence-electron chi connectivity index (χ3n) is 2.61. The zero-order valence-electron chi connectivity index (χ0n) is 10.6. The molecule has 0 aliphatic rings. The molecular weight excluding hydrogens is 188 g/mol. The molecule has 86 valence electrons. The number of aromatic nitrogens is 2. The van der Waals surface area contributed by atoms with E-state index in [0.29, 0.717) is 5.92 Å². The predicted octanol–water partition coefficient (Wildman–Crippen LogP) is 2.62. The second-order valence-electron chi connectivity index (χ2n) is 5.32. The van der Waals surface area contributed by atoms with Crippen molar-refractivity contribution in [3.05, 3.63) is 21.6 Å². The summed E-state index contributed by atoms with van der Waals surface area (Å²) in [4.78, 5) is 11.8. The summed E-state index contributed by atoms with van der Waals surface area (Å²) in [6.07, 6.45) is 0.798. The maximum atomic E-state index is 11.8. The van der Waals surface area contributed by atoms with Crippen molar-refractivity contribution in [2.24, 2.45) is 0 Å². The van der Waals surface area contributed by atoms with E-state index in [9.17, 15) is 4.79 Å². The minimum Gasteiger partial charge on any atom is -0.283 e. The van der Waals surface area contributed by atoms with Crippen LogP contribution < -0.4 is 5.56 Å². The van der Waals surface area contributed by atoms with Gasteiger partial charge in [-0.1, -0.05) is 20.8 Å². The van der Waals surface area contributed by atoms with Gasteiger partial charge >= 0.3 is 0 Å². The Labute approximate surface area is 91.5 Å². The average Bonchev–Trinajstić information content (AvgIpc) is 2.41. The summed E-state index contributed by atoms with van der Waals surface area (Å²) in [5, 5.41) is 2.95. The van der Waals surface area contributed by atoms with Crippen molar-refractivity contribution in [3.8, 4) is 0 Å². The van der Waals surface area contributed by atoms with Gasteiger partial charge in [-0.25, -0.2) is 0 Å². The Morgan fingerprint density at radius 2 is 1.87 bits per heavy atom. The Morgan fingerprint density at radius 1 is 1.33 bits per heavy atom. The van der Waals surface area contributed by atoms with E-state index in [2.05, 4.69) is 39.7 Å². The van der Waals surface area contributed by atoms with Crippen molar-refractivity contribution in [2.45, 2.75) is 59.4 Å². The number of nitrogens with one attached hydrogen (secondary N) is 1. The highest BCUT2D eigenvalue weighted by atomic mass is 16.1. The molecule has 0 fully saturated rings. The SMILES string of the molecule is CCc1c(C(C)C)n(C(C)(C)C)[nH]c1=O. The lowest BCUT2D eigenvalue weighted by molar-refractivity contribution is 0.337. The summed E-state index contributed by atoms with van der Waals surface area (Å²) in [7, 11) is 0. The van der Waals surface area contributed by atoms with Crippen LogP contribution in [0.15, 0.2) is 4.79 Å². The Hall–Kier alpha value is -0.990. The van der Waals surface area contributed by atoms with Crippen LogP contribution in [-0.2, 0) is 12.0 Å². The monoisotopic (exact) mass is 210 g/mol. The van der Waals surface area contributed by atoms with Crippen LogP contribution in [0.2, 0.25) is 0 Å². The molecule has 0 aliphatic heterocycles. The summed E-state index contributed by atoms with van der Waals surface area (Å²) in [5.41, 5.74) is 2.08. The smallest absolute Gasteiger partial charge is 0.267 e. The first-order valence-electron chi connectivity index (χ1n) is 5.63. The molecule has 0 spiro atoms. The molecule has 0 aliphatic carbocycles. The van der Waals surface area contributed by atoms with Gasteiger partial charge in [-0.05, 0) is 33.1 Å². The van der Waals surface area contributed by atoms with Crippen LogP contribution in [0.1, 0.15) is 58.7 Å². The zero-order chi connectivity index (χ0) is 11.8. The molecule has 0 atom stereocenters. The van der Waals surface area contributed by atoms with Crippen LogP contribution in [0.5, 0.6) is 0 Å². The van der Waals surface area contributed by atoms with Crippen molar-refractivity contribution in [1.82, 2.24) is 9.78 Å². The molecule has 0 saturated heterocycles. The molecule has 0 amide bonds. The third kappa shape index (κ3) is 2.16. The number of aromatic amines is 1. The van der Waals surface area contributed by atoms with Gasteiger partial charge in [0.1, 0.15) is 0 Å². The highest BCUT2D eigenvalue weighted by Crippen LogP contribution is 2.23. The Balaban J connectivity index is 3.48. The molecule has 0 aromatic carbocycles. The minimum atomic E-state index is -0.0633. The van der Waals surface area contributed by atoms with Crippen LogP contribution in [0.4, 0.5) is 0 Å². The second kappa shape index (κ2) is 3.87. The fourth-order valence-electron chi connectivity index (χ4n) is 1.96. The molecule has 3 nitrogen and oxygen atoms in total. The van der Waals surface area contributed by atoms with E-state index in [1.807, 2.05) is 11.6 Å². The van der Waals surface area contributed by atoms with Crippen LogP contribution in [0, 0.1) is 0 Å². The molecule has 0 saturated carbocycles. The normalized spacial score (nSPS) is 12.5. The van der Waals surface area contributed by atoms with E-state index < -0.39 is 0 Å². The molecule has 1 N–H and O–H groups in total. The molecular formula is C12H22N2O. The first kappa shape index (κ1) is 12.1. The number of hydrogen-bond donors (Lipinski definition) is 1. The van der Waals surface area contributed by atoms with Crippen LogP contribution >= 0.6 is 0 Å². The topological polar surface area (TPSA) is 37.8 Å². The fraction of sp³-hybridized carbons (Fsp3) is 0.750. The molecule has 1 aromatic rings. The largest absolute Gasteiger partial charge is 0.283 e. The number of H-pyrrole nitrogens is 1. The maximum absolute atomic E-state index is 11.8. The summed E-state index contributed by atoms with van der Waals surface area (Å²) < 4.78 is 2.01. The Bertz CT molecular complexity index is 391. The Morgan fingerprint density at radius 3 is 2.20 bits per heavy atom. The number of hydrogen-bond acceptors (Lipinski definition) is 1. The molecule has 15 heavy (non-hydrogen) atoms. The molecule has 1 aromatic heterocycles. The van der Waals surface area contributed by atoms with Crippen molar-refractivity contribution < 1.29 is 0 Å².